The Hall–Kier alpha value is -2.02. The van der Waals surface area contributed by atoms with Gasteiger partial charge in [-0.15, -0.1) is 0 Å². The van der Waals surface area contributed by atoms with Gasteiger partial charge in [-0.25, -0.2) is 0 Å². The first-order valence-electron chi connectivity index (χ1n) is 3.73. The van der Waals surface area contributed by atoms with Crippen LogP contribution in [0.15, 0.2) is 27.1 Å². The van der Waals surface area contributed by atoms with Crippen LogP contribution in [-0.4, -0.2) is 5.16 Å². The van der Waals surface area contributed by atoms with Crippen LogP contribution in [0.25, 0.3) is 11.5 Å². The number of rotatable bonds is 1. The zero-order chi connectivity index (χ0) is 9.26. The molecule has 0 amide bonds. The molecular formula is C9H6N2O2. The van der Waals surface area contributed by atoms with Crippen LogP contribution in [0.1, 0.15) is 11.5 Å². The van der Waals surface area contributed by atoms with Crippen molar-refractivity contribution in [1.29, 1.82) is 5.26 Å². The van der Waals surface area contributed by atoms with Crippen LogP contribution in [0.2, 0.25) is 0 Å². The third kappa shape index (κ3) is 1.32. The van der Waals surface area contributed by atoms with E-state index >= 15 is 0 Å². The summed E-state index contributed by atoms with van der Waals surface area (Å²) in [5.41, 5.74) is 0.254. The Morgan fingerprint density at radius 2 is 2.23 bits per heavy atom. The van der Waals surface area contributed by atoms with Gasteiger partial charge in [-0.2, -0.15) is 5.26 Å². The fourth-order valence-corrected chi connectivity index (χ4v) is 1.01. The van der Waals surface area contributed by atoms with Crippen molar-refractivity contribution in [2.75, 3.05) is 0 Å². The first kappa shape index (κ1) is 7.62. The van der Waals surface area contributed by atoms with E-state index in [0.717, 1.165) is 5.76 Å². The molecule has 0 aliphatic carbocycles. The molecule has 13 heavy (non-hydrogen) atoms. The van der Waals surface area contributed by atoms with E-state index < -0.39 is 0 Å². The first-order chi connectivity index (χ1) is 6.29. The Bertz CT molecular complexity index is 462. The van der Waals surface area contributed by atoms with Crippen LogP contribution in [0.4, 0.5) is 0 Å². The SMILES string of the molecule is Cc1ccc(-c2cc(C#N)no2)o1. The molecule has 4 heteroatoms. The van der Waals surface area contributed by atoms with Crippen molar-refractivity contribution < 1.29 is 8.94 Å². The Balaban J connectivity index is 2.42. The van der Waals surface area contributed by atoms with Gasteiger partial charge in [0, 0.05) is 6.07 Å². The summed E-state index contributed by atoms with van der Waals surface area (Å²) in [6, 6.07) is 7.02. The molecule has 0 aliphatic rings. The summed E-state index contributed by atoms with van der Waals surface area (Å²) < 4.78 is 10.2. The van der Waals surface area contributed by atoms with Crippen molar-refractivity contribution in [2.24, 2.45) is 0 Å². The highest BCUT2D eigenvalue weighted by Gasteiger charge is 2.08. The van der Waals surface area contributed by atoms with E-state index in [1.54, 1.807) is 6.07 Å². The van der Waals surface area contributed by atoms with Gasteiger partial charge >= 0.3 is 0 Å². The van der Waals surface area contributed by atoms with Crippen LogP contribution < -0.4 is 0 Å². The molecule has 0 spiro atoms. The molecule has 0 saturated carbocycles. The quantitative estimate of drug-likeness (QED) is 0.664. The summed E-state index contributed by atoms with van der Waals surface area (Å²) in [5.74, 6) is 1.86. The van der Waals surface area contributed by atoms with Crippen LogP contribution >= 0.6 is 0 Å². The van der Waals surface area contributed by atoms with Crippen LogP contribution in [0.3, 0.4) is 0 Å². The van der Waals surface area contributed by atoms with Crippen molar-refractivity contribution in [3.8, 4) is 17.6 Å². The minimum Gasteiger partial charge on any atom is -0.458 e. The van der Waals surface area contributed by atoms with E-state index in [9.17, 15) is 0 Å². The molecule has 0 unspecified atom stereocenters. The number of hydrogen-bond donors (Lipinski definition) is 0. The molecule has 64 valence electrons. The summed E-state index contributed by atoms with van der Waals surface area (Å²) in [7, 11) is 0. The highest BCUT2D eigenvalue weighted by Crippen LogP contribution is 2.22. The molecule has 0 saturated heterocycles. The number of aromatic nitrogens is 1. The zero-order valence-corrected chi connectivity index (χ0v) is 6.94. The van der Waals surface area contributed by atoms with Crippen LogP contribution in [0, 0.1) is 18.3 Å². The Kier molecular flexibility index (Phi) is 1.64. The van der Waals surface area contributed by atoms with Crippen LogP contribution in [0.5, 0.6) is 0 Å². The lowest BCUT2D eigenvalue weighted by atomic mass is 10.3. The third-order valence-electron chi connectivity index (χ3n) is 1.61. The molecule has 2 aromatic rings. The number of aryl methyl sites for hydroxylation is 1. The lowest BCUT2D eigenvalue weighted by Crippen LogP contribution is -1.65. The van der Waals surface area contributed by atoms with Gasteiger partial charge in [0.2, 0.25) is 5.76 Å². The van der Waals surface area contributed by atoms with Gasteiger partial charge in [0.05, 0.1) is 0 Å². The second-order valence-electron chi connectivity index (χ2n) is 2.60. The number of hydrogen-bond acceptors (Lipinski definition) is 4. The highest BCUT2D eigenvalue weighted by atomic mass is 16.5. The van der Waals surface area contributed by atoms with Crippen molar-refractivity contribution >= 4 is 0 Å². The molecule has 0 radical (unpaired) electrons. The summed E-state index contributed by atoms with van der Waals surface area (Å²) in [6.45, 7) is 1.84. The molecular weight excluding hydrogens is 168 g/mol. The predicted octanol–water partition coefficient (Wildman–Crippen LogP) is 2.11. The lowest BCUT2D eigenvalue weighted by molar-refractivity contribution is 0.413. The van der Waals surface area contributed by atoms with E-state index in [4.69, 9.17) is 14.2 Å². The molecule has 4 nitrogen and oxygen atoms in total. The molecule has 0 bridgehead atoms. The molecule has 0 fully saturated rings. The van der Waals surface area contributed by atoms with E-state index in [1.165, 1.54) is 6.07 Å². The van der Waals surface area contributed by atoms with E-state index in [0.29, 0.717) is 11.5 Å². The Morgan fingerprint density at radius 3 is 2.77 bits per heavy atom. The Morgan fingerprint density at radius 1 is 1.38 bits per heavy atom. The van der Waals surface area contributed by atoms with Crippen LogP contribution in [-0.2, 0) is 0 Å². The zero-order valence-electron chi connectivity index (χ0n) is 6.94. The van der Waals surface area contributed by atoms with Crippen molar-refractivity contribution in [2.45, 2.75) is 6.92 Å². The summed E-state index contributed by atoms with van der Waals surface area (Å²) in [4.78, 5) is 0. The van der Waals surface area contributed by atoms with Gasteiger partial charge in [0.25, 0.3) is 0 Å². The molecule has 2 rings (SSSR count). The molecule has 2 aromatic heterocycles. The van der Waals surface area contributed by atoms with Crippen molar-refractivity contribution in [3.63, 3.8) is 0 Å². The maximum absolute atomic E-state index is 8.50. The second kappa shape index (κ2) is 2.79. The monoisotopic (exact) mass is 174 g/mol. The van der Waals surface area contributed by atoms with Crippen molar-refractivity contribution in [3.05, 3.63) is 29.7 Å². The van der Waals surface area contributed by atoms with Gasteiger partial charge in [-0.1, -0.05) is 5.16 Å². The fraction of sp³-hybridized carbons (Fsp3) is 0.111. The van der Waals surface area contributed by atoms with Crippen molar-refractivity contribution in [1.82, 2.24) is 5.16 Å². The summed E-state index contributed by atoms with van der Waals surface area (Å²) >= 11 is 0. The molecule has 0 aliphatic heterocycles. The van der Waals surface area contributed by atoms with E-state index in [1.807, 2.05) is 19.1 Å². The normalized spacial score (nSPS) is 9.85. The summed E-state index contributed by atoms with van der Waals surface area (Å²) in [6.07, 6.45) is 0. The minimum atomic E-state index is 0.254. The fourth-order valence-electron chi connectivity index (χ4n) is 1.01. The van der Waals surface area contributed by atoms with E-state index in [2.05, 4.69) is 5.16 Å². The van der Waals surface area contributed by atoms with Gasteiger partial charge in [-0.05, 0) is 19.1 Å². The second-order valence-corrected chi connectivity index (χ2v) is 2.60. The largest absolute Gasteiger partial charge is 0.458 e. The van der Waals surface area contributed by atoms with Gasteiger partial charge in [0.15, 0.2) is 11.5 Å². The average molecular weight is 174 g/mol. The number of furan rings is 1. The molecule has 0 aromatic carbocycles. The molecule has 0 N–H and O–H groups in total. The molecule has 2 heterocycles. The van der Waals surface area contributed by atoms with Gasteiger partial charge < -0.3 is 8.94 Å². The number of nitriles is 1. The first-order valence-corrected chi connectivity index (χ1v) is 3.73. The maximum atomic E-state index is 8.50. The molecule has 0 atom stereocenters. The Labute approximate surface area is 74.4 Å². The lowest BCUT2D eigenvalue weighted by Gasteiger charge is -1.85. The van der Waals surface area contributed by atoms with Gasteiger partial charge in [-0.3, -0.25) is 0 Å². The summed E-state index contributed by atoms with van der Waals surface area (Å²) in [5, 5.41) is 12.0. The van der Waals surface area contributed by atoms with Gasteiger partial charge in [0.1, 0.15) is 11.8 Å². The standard InChI is InChI=1S/C9H6N2O2/c1-6-2-3-8(12-6)9-4-7(5-10)11-13-9/h2-4H,1H3. The maximum Gasteiger partial charge on any atom is 0.203 e. The predicted molar refractivity (Wildman–Crippen MR) is 43.7 cm³/mol. The highest BCUT2D eigenvalue weighted by molar-refractivity contribution is 5.51. The average Bonchev–Trinajstić information content (AvgIpc) is 2.71. The smallest absolute Gasteiger partial charge is 0.203 e. The minimum absolute atomic E-state index is 0.254. The number of nitrogens with zero attached hydrogens (tertiary/aromatic N) is 2. The topological polar surface area (TPSA) is 63.0 Å². The third-order valence-corrected chi connectivity index (χ3v) is 1.61. The van der Waals surface area contributed by atoms with E-state index in [-0.39, 0.29) is 5.69 Å².